The molecule has 0 heterocycles. The molecule has 2 N–H and O–H groups in total. The third-order valence-corrected chi connectivity index (χ3v) is 2.93. The lowest BCUT2D eigenvalue weighted by atomic mass is 10.2. The zero-order chi connectivity index (χ0) is 15.4. The first kappa shape index (κ1) is 15.1. The van der Waals surface area contributed by atoms with Crippen LogP contribution in [0, 0.1) is 15.9 Å². The number of hydrogen-bond donors (Lipinski definition) is 2. The van der Waals surface area contributed by atoms with Crippen LogP contribution >= 0.6 is 23.8 Å². The van der Waals surface area contributed by atoms with E-state index in [1.165, 1.54) is 0 Å². The van der Waals surface area contributed by atoms with Crippen molar-refractivity contribution in [2.24, 2.45) is 0 Å². The number of halogens is 2. The largest absolute Gasteiger partial charge is 0.332 e. The monoisotopic (exact) mass is 325 g/mol. The Labute approximate surface area is 129 Å². The molecule has 0 amide bonds. The molecule has 0 radical (unpaired) electrons. The molecule has 0 spiro atoms. The number of rotatable bonds is 3. The standard InChI is InChI=1S/C13H9ClFN3O2S/c14-8-2-1-3-9(6-8)16-13(21)17-12-7-10(18(19)20)4-5-11(12)15/h1-7H,(H2,16,17,21). The summed E-state index contributed by atoms with van der Waals surface area (Å²) in [6.45, 7) is 0. The van der Waals surface area contributed by atoms with Crippen LogP contribution in [0.1, 0.15) is 0 Å². The lowest BCUT2D eigenvalue weighted by molar-refractivity contribution is -0.384. The molecule has 0 fully saturated rings. The van der Waals surface area contributed by atoms with Crippen molar-refractivity contribution in [3.63, 3.8) is 0 Å². The molecule has 5 nitrogen and oxygen atoms in total. The molecule has 0 aromatic heterocycles. The zero-order valence-corrected chi connectivity index (χ0v) is 12.0. The lowest BCUT2D eigenvalue weighted by Crippen LogP contribution is -2.19. The van der Waals surface area contributed by atoms with Gasteiger partial charge in [-0.3, -0.25) is 10.1 Å². The van der Waals surface area contributed by atoms with Crippen LogP contribution in [0.5, 0.6) is 0 Å². The fraction of sp³-hybridized carbons (Fsp3) is 0. The number of non-ortho nitro benzene ring substituents is 1. The fourth-order valence-electron chi connectivity index (χ4n) is 1.57. The van der Waals surface area contributed by atoms with Gasteiger partial charge in [0, 0.05) is 22.8 Å². The maximum atomic E-state index is 13.6. The Kier molecular flexibility index (Phi) is 4.66. The Bertz CT molecular complexity index is 712. The molecule has 2 aromatic carbocycles. The van der Waals surface area contributed by atoms with Gasteiger partial charge in [0.05, 0.1) is 10.6 Å². The molecule has 0 aliphatic rings. The van der Waals surface area contributed by atoms with Gasteiger partial charge in [0.1, 0.15) is 5.82 Å². The van der Waals surface area contributed by atoms with Gasteiger partial charge in [0.15, 0.2) is 5.11 Å². The van der Waals surface area contributed by atoms with Crippen molar-refractivity contribution in [2.45, 2.75) is 0 Å². The molecular formula is C13H9ClFN3O2S. The average molecular weight is 326 g/mol. The molecule has 0 bridgehead atoms. The van der Waals surface area contributed by atoms with E-state index in [-0.39, 0.29) is 16.5 Å². The van der Waals surface area contributed by atoms with E-state index in [9.17, 15) is 14.5 Å². The van der Waals surface area contributed by atoms with Crippen LogP contribution in [0.25, 0.3) is 0 Å². The summed E-state index contributed by atoms with van der Waals surface area (Å²) in [5, 5.41) is 16.7. The Hall–Kier alpha value is -2.25. The number of benzene rings is 2. The van der Waals surface area contributed by atoms with Crippen molar-refractivity contribution in [2.75, 3.05) is 10.6 Å². The van der Waals surface area contributed by atoms with Gasteiger partial charge in [-0.15, -0.1) is 0 Å². The van der Waals surface area contributed by atoms with E-state index >= 15 is 0 Å². The van der Waals surface area contributed by atoms with Crippen molar-refractivity contribution in [3.05, 3.63) is 63.4 Å². The van der Waals surface area contributed by atoms with Gasteiger partial charge in [0.2, 0.25) is 0 Å². The zero-order valence-electron chi connectivity index (χ0n) is 10.5. The minimum Gasteiger partial charge on any atom is -0.332 e. The Balaban J connectivity index is 2.12. The molecular weight excluding hydrogens is 317 g/mol. The van der Waals surface area contributed by atoms with Crippen LogP contribution in [0.2, 0.25) is 5.02 Å². The van der Waals surface area contributed by atoms with Crippen LogP contribution in [0.3, 0.4) is 0 Å². The molecule has 8 heteroatoms. The molecule has 21 heavy (non-hydrogen) atoms. The van der Waals surface area contributed by atoms with Gasteiger partial charge in [-0.1, -0.05) is 17.7 Å². The Morgan fingerprint density at radius 1 is 1.24 bits per heavy atom. The number of nitro benzene ring substituents is 1. The number of thiocarbonyl (C=S) groups is 1. The van der Waals surface area contributed by atoms with E-state index in [1.807, 2.05) is 0 Å². The maximum Gasteiger partial charge on any atom is 0.271 e. The number of nitro groups is 1. The van der Waals surface area contributed by atoms with Crippen LogP contribution in [0.4, 0.5) is 21.5 Å². The molecule has 2 rings (SSSR count). The van der Waals surface area contributed by atoms with E-state index in [0.29, 0.717) is 10.7 Å². The summed E-state index contributed by atoms with van der Waals surface area (Å²) in [5.74, 6) is -0.643. The third-order valence-electron chi connectivity index (χ3n) is 2.49. The molecule has 0 atom stereocenters. The summed E-state index contributed by atoms with van der Waals surface area (Å²) in [4.78, 5) is 10.1. The highest BCUT2D eigenvalue weighted by atomic mass is 35.5. The van der Waals surface area contributed by atoms with E-state index in [1.54, 1.807) is 24.3 Å². The second-order valence-electron chi connectivity index (χ2n) is 4.01. The summed E-state index contributed by atoms with van der Waals surface area (Å²) in [7, 11) is 0. The van der Waals surface area contributed by atoms with Gasteiger partial charge < -0.3 is 10.6 Å². The van der Waals surface area contributed by atoms with E-state index in [2.05, 4.69) is 10.6 Å². The number of nitrogens with one attached hydrogen (secondary N) is 2. The second-order valence-corrected chi connectivity index (χ2v) is 4.86. The highest BCUT2D eigenvalue weighted by Crippen LogP contribution is 2.22. The highest BCUT2D eigenvalue weighted by molar-refractivity contribution is 7.80. The number of anilines is 2. The van der Waals surface area contributed by atoms with Crippen LogP contribution in [-0.4, -0.2) is 10.0 Å². The molecule has 0 saturated heterocycles. The normalized spacial score (nSPS) is 10.0. The highest BCUT2D eigenvalue weighted by Gasteiger charge is 2.11. The maximum absolute atomic E-state index is 13.6. The Morgan fingerprint density at radius 3 is 2.67 bits per heavy atom. The fourth-order valence-corrected chi connectivity index (χ4v) is 1.99. The minimum atomic E-state index is -0.643. The van der Waals surface area contributed by atoms with Crippen LogP contribution in [-0.2, 0) is 0 Å². The first-order chi connectivity index (χ1) is 9.95. The van der Waals surface area contributed by atoms with Crippen molar-refractivity contribution < 1.29 is 9.31 Å². The molecule has 0 unspecified atom stereocenters. The second kappa shape index (κ2) is 6.47. The lowest BCUT2D eigenvalue weighted by Gasteiger charge is -2.11. The van der Waals surface area contributed by atoms with E-state index in [4.69, 9.17) is 23.8 Å². The predicted octanol–water partition coefficient (Wildman–Crippen LogP) is 4.20. The van der Waals surface area contributed by atoms with Crippen molar-refractivity contribution in [1.29, 1.82) is 0 Å². The van der Waals surface area contributed by atoms with Gasteiger partial charge in [-0.2, -0.15) is 0 Å². The molecule has 0 saturated carbocycles. The summed E-state index contributed by atoms with van der Waals surface area (Å²) in [6, 6.07) is 9.94. The van der Waals surface area contributed by atoms with Crippen molar-refractivity contribution >= 4 is 46.0 Å². The quantitative estimate of drug-likeness (QED) is 0.503. The molecule has 2 aromatic rings. The third kappa shape index (κ3) is 4.11. The topological polar surface area (TPSA) is 67.2 Å². The number of hydrogen-bond acceptors (Lipinski definition) is 3. The van der Waals surface area contributed by atoms with Gasteiger partial charge in [0.25, 0.3) is 5.69 Å². The van der Waals surface area contributed by atoms with Crippen LogP contribution in [0.15, 0.2) is 42.5 Å². The summed E-state index contributed by atoms with van der Waals surface area (Å²) in [6.07, 6.45) is 0. The van der Waals surface area contributed by atoms with Gasteiger partial charge in [-0.05, 0) is 36.5 Å². The predicted molar refractivity (Wildman–Crippen MR) is 84.3 cm³/mol. The first-order valence-corrected chi connectivity index (χ1v) is 6.52. The van der Waals surface area contributed by atoms with Crippen molar-refractivity contribution in [1.82, 2.24) is 0 Å². The smallest absolute Gasteiger partial charge is 0.271 e. The SMILES string of the molecule is O=[N+]([O-])c1ccc(F)c(NC(=S)Nc2cccc(Cl)c2)c1. The van der Waals surface area contributed by atoms with Crippen molar-refractivity contribution in [3.8, 4) is 0 Å². The summed E-state index contributed by atoms with van der Waals surface area (Å²) < 4.78 is 13.6. The summed E-state index contributed by atoms with van der Waals surface area (Å²) >= 11 is 10.9. The van der Waals surface area contributed by atoms with Gasteiger partial charge in [-0.25, -0.2) is 4.39 Å². The molecule has 0 aliphatic heterocycles. The average Bonchev–Trinajstić information content (AvgIpc) is 2.41. The van der Waals surface area contributed by atoms with E-state index < -0.39 is 10.7 Å². The first-order valence-electron chi connectivity index (χ1n) is 5.73. The minimum absolute atomic E-state index is 0.0799. The molecule has 108 valence electrons. The van der Waals surface area contributed by atoms with Gasteiger partial charge >= 0.3 is 0 Å². The molecule has 0 aliphatic carbocycles. The Morgan fingerprint density at radius 2 is 2.00 bits per heavy atom. The van der Waals surface area contributed by atoms with Crippen LogP contribution < -0.4 is 10.6 Å². The van der Waals surface area contributed by atoms with E-state index in [0.717, 1.165) is 18.2 Å². The summed E-state index contributed by atoms with van der Waals surface area (Å²) in [5.41, 5.74) is 0.305. The number of nitrogens with zero attached hydrogens (tertiary/aromatic N) is 1.